The minimum Gasteiger partial charge on any atom is -0.469 e. The van der Waals surface area contributed by atoms with Gasteiger partial charge in [-0.15, -0.1) is 0 Å². The monoisotopic (exact) mass is 380 g/mol. The zero-order valence-electron chi connectivity index (χ0n) is 16.5. The van der Waals surface area contributed by atoms with Gasteiger partial charge in [-0.25, -0.2) is 4.79 Å². The van der Waals surface area contributed by atoms with Crippen LogP contribution in [0.15, 0.2) is 48.2 Å². The second-order valence-electron chi connectivity index (χ2n) is 7.38. The molecule has 0 radical (unpaired) electrons. The van der Waals surface area contributed by atoms with E-state index in [2.05, 4.69) is 28.6 Å². The maximum absolute atomic E-state index is 12.9. The van der Waals surface area contributed by atoms with Gasteiger partial charge in [0.05, 0.1) is 26.2 Å². The van der Waals surface area contributed by atoms with E-state index in [-0.39, 0.29) is 17.9 Å². The number of rotatable bonds is 3. The molecule has 0 unspecified atom stereocenters. The fourth-order valence-corrected chi connectivity index (χ4v) is 4.78. The molecule has 2 aliphatic rings. The summed E-state index contributed by atoms with van der Waals surface area (Å²) < 4.78 is 12.1. The Morgan fingerprint density at radius 3 is 2.61 bits per heavy atom. The predicted molar refractivity (Wildman–Crippen MR) is 106 cm³/mol. The van der Waals surface area contributed by atoms with E-state index in [1.54, 1.807) is 6.08 Å². The Bertz CT molecular complexity index is 1020. The number of aromatic nitrogens is 1. The molecule has 146 valence electrons. The lowest BCUT2D eigenvalue weighted by molar-refractivity contribution is -0.144. The highest BCUT2D eigenvalue weighted by Crippen LogP contribution is 2.53. The summed E-state index contributed by atoms with van der Waals surface area (Å²) in [4.78, 5) is 26.7. The van der Waals surface area contributed by atoms with Crippen molar-refractivity contribution in [2.75, 3.05) is 21.3 Å². The molecule has 6 nitrogen and oxygen atoms in total. The van der Waals surface area contributed by atoms with Crippen LogP contribution < -0.4 is 0 Å². The standard InChI is InChI=1S/C22H24N2O4/c1-23-12-13(9-10-18(25)27-3)15-11-17(23)21-19(20(15)22(26)28-4)14-7-5-6-8-16(14)24(21)2/h5-10,12,15,17,20H,11H2,1-4H3/b10-9+/t15-,17-,20-/m1/s1. The molecule has 1 aliphatic carbocycles. The van der Waals surface area contributed by atoms with Crippen molar-refractivity contribution in [2.45, 2.75) is 18.4 Å². The van der Waals surface area contributed by atoms with Crippen LogP contribution in [0.3, 0.4) is 0 Å². The maximum atomic E-state index is 12.9. The molecular weight excluding hydrogens is 356 g/mol. The molecule has 6 heteroatoms. The third kappa shape index (κ3) is 2.63. The van der Waals surface area contributed by atoms with Crippen molar-refractivity contribution < 1.29 is 19.1 Å². The summed E-state index contributed by atoms with van der Waals surface area (Å²) in [7, 11) is 6.87. The van der Waals surface area contributed by atoms with Crippen LogP contribution in [0, 0.1) is 5.92 Å². The largest absolute Gasteiger partial charge is 0.469 e. The highest BCUT2D eigenvalue weighted by Gasteiger charge is 2.47. The Morgan fingerprint density at radius 1 is 1.14 bits per heavy atom. The van der Waals surface area contributed by atoms with Gasteiger partial charge >= 0.3 is 11.9 Å². The molecule has 0 saturated carbocycles. The van der Waals surface area contributed by atoms with E-state index in [9.17, 15) is 9.59 Å². The van der Waals surface area contributed by atoms with Crippen molar-refractivity contribution in [1.82, 2.24) is 9.47 Å². The Balaban J connectivity index is 1.93. The van der Waals surface area contributed by atoms with Gasteiger partial charge in [0.1, 0.15) is 0 Å². The fourth-order valence-electron chi connectivity index (χ4n) is 4.78. The number of para-hydroxylation sites is 1. The topological polar surface area (TPSA) is 60.8 Å². The smallest absolute Gasteiger partial charge is 0.330 e. The number of fused-ring (bicyclic) bond motifs is 6. The molecule has 4 rings (SSSR count). The lowest BCUT2D eigenvalue weighted by Crippen LogP contribution is -2.39. The molecule has 0 amide bonds. The Labute approximate surface area is 164 Å². The third-order valence-electron chi connectivity index (χ3n) is 6.04. The molecule has 3 atom stereocenters. The fraction of sp³-hybridized carbons (Fsp3) is 0.364. The lowest BCUT2D eigenvalue weighted by atomic mass is 9.69. The first-order valence-corrected chi connectivity index (χ1v) is 9.32. The second-order valence-corrected chi connectivity index (χ2v) is 7.38. The van der Waals surface area contributed by atoms with Gasteiger partial charge in [-0.3, -0.25) is 4.79 Å². The van der Waals surface area contributed by atoms with Crippen molar-refractivity contribution >= 4 is 22.8 Å². The Hall–Kier alpha value is -3.02. The number of aryl methyl sites for hydroxylation is 1. The van der Waals surface area contributed by atoms with E-state index in [4.69, 9.17) is 9.47 Å². The number of benzene rings is 1. The van der Waals surface area contributed by atoms with Crippen LogP contribution in [0.1, 0.15) is 29.6 Å². The number of carbonyl (C=O) groups excluding carboxylic acids is 2. The number of ether oxygens (including phenoxy) is 2. The van der Waals surface area contributed by atoms with Crippen LogP contribution >= 0.6 is 0 Å². The molecule has 0 N–H and O–H groups in total. The van der Waals surface area contributed by atoms with E-state index >= 15 is 0 Å². The van der Waals surface area contributed by atoms with Gasteiger partial charge < -0.3 is 18.9 Å². The van der Waals surface area contributed by atoms with Gasteiger partial charge in [0.25, 0.3) is 0 Å². The summed E-state index contributed by atoms with van der Waals surface area (Å²) in [5.41, 5.74) is 4.23. The number of esters is 2. The normalized spacial score (nSPS) is 23.5. The van der Waals surface area contributed by atoms with Crippen LogP contribution in [-0.4, -0.2) is 42.7 Å². The van der Waals surface area contributed by atoms with Crippen molar-refractivity contribution in [1.29, 1.82) is 0 Å². The number of hydrogen-bond donors (Lipinski definition) is 0. The van der Waals surface area contributed by atoms with Crippen molar-refractivity contribution in [2.24, 2.45) is 13.0 Å². The van der Waals surface area contributed by atoms with Crippen LogP contribution in [0.4, 0.5) is 0 Å². The van der Waals surface area contributed by atoms with Gasteiger partial charge in [0, 0.05) is 48.9 Å². The lowest BCUT2D eigenvalue weighted by Gasteiger charge is -2.44. The molecule has 0 fully saturated rings. The van der Waals surface area contributed by atoms with Crippen LogP contribution in [0.5, 0.6) is 0 Å². The van der Waals surface area contributed by atoms with E-state index in [0.29, 0.717) is 0 Å². The van der Waals surface area contributed by atoms with Gasteiger partial charge in [-0.2, -0.15) is 0 Å². The third-order valence-corrected chi connectivity index (χ3v) is 6.04. The van der Waals surface area contributed by atoms with Crippen LogP contribution in [-0.2, 0) is 26.1 Å². The minimum atomic E-state index is -0.415. The number of methoxy groups -OCH3 is 2. The minimum absolute atomic E-state index is 0.0622. The van der Waals surface area contributed by atoms with Gasteiger partial charge in [0.15, 0.2) is 0 Å². The summed E-state index contributed by atoms with van der Waals surface area (Å²) in [5.74, 6) is -1.14. The highest BCUT2D eigenvalue weighted by atomic mass is 16.5. The Kier molecular flexibility index (Phi) is 4.49. The number of carbonyl (C=O) groups is 2. The second kappa shape index (κ2) is 6.86. The summed E-state index contributed by atoms with van der Waals surface area (Å²) >= 11 is 0. The molecule has 28 heavy (non-hydrogen) atoms. The first kappa shape index (κ1) is 18.3. The van der Waals surface area contributed by atoms with Gasteiger partial charge in [-0.05, 0) is 23.6 Å². The average molecular weight is 380 g/mol. The first-order valence-electron chi connectivity index (χ1n) is 9.32. The number of nitrogens with zero attached hydrogens (tertiary/aromatic N) is 2. The molecule has 2 aromatic rings. The quantitative estimate of drug-likeness (QED) is 0.605. The zero-order chi connectivity index (χ0) is 20.0. The molecule has 0 spiro atoms. The Morgan fingerprint density at radius 2 is 1.89 bits per heavy atom. The van der Waals surface area contributed by atoms with Gasteiger partial charge in [0.2, 0.25) is 0 Å². The molecule has 1 aromatic heterocycles. The first-order chi connectivity index (χ1) is 13.5. The van der Waals surface area contributed by atoms with Crippen LogP contribution in [0.25, 0.3) is 10.9 Å². The van der Waals surface area contributed by atoms with E-state index in [1.807, 2.05) is 25.4 Å². The van der Waals surface area contributed by atoms with E-state index in [1.165, 1.54) is 20.3 Å². The number of allylic oxidation sites excluding steroid dienone is 2. The summed E-state index contributed by atoms with van der Waals surface area (Å²) in [6, 6.07) is 8.32. The van der Waals surface area contributed by atoms with E-state index < -0.39 is 11.9 Å². The molecule has 2 heterocycles. The van der Waals surface area contributed by atoms with E-state index in [0.717, 1.165) is 34.2 Å². The summed E-state index contributed by atoms with van der Waals surface area (Å²) in [6.07, 6.45) is 5.97. The predicted octanol–water partition coefficient (Wildman–Crippen LogP) is 3.05. The van der Waals surface area contributed by atoms with Crippen molar-refractivity contribution in [3.8, 4) is 0 Å². The number of hydrogen-bond acceptors (Lipinski definition) is 5. The molecule has 0 saturated heterocycles. The average Bonchev–Trinajstić information content (AvgIpc) is 3.01. The summed E-state index contributed by atoms with van der Waals surface area (Å²) in [6.45, 7) is 0. The molecule has 2 bridgehead atoms. The van der Waals surface area contributed by atoms with Gasteiger partial charge in [-0.1, -0.05) is 24.3 Å². The zero-order valence-corrected chi connectivity index (χ0v) is 16.5. The van der Waals surface area contributed by atoms with Crippen LogP contribution in [0.2, 0.25) is 0 Å². The molecular formula is C22H24N2O4. The van der Waals surface area contributed by atoms with Crippen molar-refractivity contribution in [3.05, 3.63) is 59.4 Å². The molecule has 1 aliphatic heterocycles. The maximum Gasteiger partial charge on any atom is 0.330 e. The summed E-state index contributed by atoms with van der Waals surface area (Å²) in [5, 5.41) is 1.08. The SMILES string of the molecule is COC(=O)/C=C/C1=CN(C)[C@@H]2C[C@H]1[C@@H](C(=O)OC)c1c2n(C)c2ccccc12. The van der Waals surface area contributed by atoms with Crippen molar-refractivity contribution in [3.63, 3.8) is 0 Å². The molecule has 1 aromatic carbocycles. The highest BCUT2D eigenvalue weighted by molar-refractivity contribution is 5.93.